The third kappa shape index (κ3) is 3.87. The molecular formula is C22H23ClN6O3. The van der Waals surface area contributed by atoms with Crippen molar-refractivity contribution < 1.29 is 14.6 Å². The van der Waals surface area contributed by atoms with Crippen LogP contribution < -0.4 is 10.1 Å². The molecule has 0 aliphatic heterocycles. The van der Waals surface area contributed by atoms with E-state index in [-0.39, 0.29) is 11.7 Å². The van der Waals surface area contributed by atoms with E-state index in [1.807, 2.05) is 37.6 Å². The van der Waals surface area contributed by atoms with Crippen molar-refractivity contribution in [2.24, 2.45) is 7.05 Å². The van der Waals surface area contributed by atoms with Crippen molar-refractivity contribution in [3.05, 3.63) is 52.9 Å². The molecular weight excluding hydrogens is 432 g/mol. The van der Waals surface area contributed by atoms with Crippen LogP contribution in [-0.2, 0) is 13.6 Å². The predicted molar refractivity (Wildman–Crippen MR) is 122 cm³/mol. The largest absolute Gasteiger partial charge is 0.494 e. The molecule has 0 radical (unpaired) electrons. The number of halogens is 1. The first-order valence-corrected chi connectivity index (χ1v) is 10.4. The number of fused-ring (bicyclic) bond motifs is 1. The minimum Gasteiger partial charge on any atom is -0.494 e. The van der Waals surface area contributed by atoms with Gasteiger partial charge in [-0.25, -0.2) is 14.5 Å². The lowest BCUT2D eigenvalue weighted by molar-refractivity contribution is 0.0691. The number of nitrogens with one attached hydrogen (secondary N) is 1. The van der Waals surface area contributed by atoms with E-state index in [2.05, 4.69) is 20.6 Å². The van der Waals surface area contributed by atoms with E-state index >= 15 is 0 Å². The van der Waals surface area contributed by atoms with Crippen LogP contribution in [0.2, 0.25) is 5.02 Å². The summed E-state index contributed by atoms with van der Waals surface area (Å²) in [5.74, 6) is 0.113. The second kappa shape index (κ2) is 8.51. The number of rotatable bonds is 7. The van der Waals surface area contributed by atoms with Gasteiger partial charge < -0.3 is 19.7 Å². The Hall–Kier alpha value is -3.59. The maximum Gasteiger partial charge on any atom is 0.356 e. The summed E-state index contributed by atoms with van der Waals surface area (Å²) < 4.78 is 9.05. The number of carboxylic acids is 1. The Kier molecular flexibility index (Phi) is 5.75. The minimum atomic E-state index is -1.08. The van der Waals surface area contributed by atoms with Crippen molar-refractivity contribution in [1.82, 2.24) is 24.5 Å². The number of methoxy groups -OCH3 is 1. The number of hydrogen-bond acceptors (Lipinski definition) is 6. The average molecular weight is 455 g/mol. The molecule has 2 heterocycles. The van der Waals surface area contributed by atoms with Crippen molar-refractivity contribution >= 4 is 34.3 Å². The van der Waals surface area contributed by atoms with E-state index in [9.17, 15) is 9.90 Å². The predicted octanol–water partition coefficient (Wildman–Crippen LogP) is 4.39. The number of imidazole rings is 1. The molecule has 0 atom stereocenters. The van der Waals surface area contributed by atoms with Gasteiger partial charge in [0.05, 0.1) is 24.9 Å². The molecule has 0 bridgehead atoms. The van der Waals surface area contributed by atoms with Gasteiger partial charge in [0, 0.05) is 35.4 Å². The molecule has 0 spiro atoms. The summed E-state index contributed by atoms with van der Waals surface area (Å²) in [6, 6.07) is 10.8. The minimum absolute atomic E-state index is 0.00156. The number of aromatic nitrogens is 5. The summed E-state index contributed by atoms with van der Waals surface area (Å²) in [5, 5.41) is 21.9. The monoisotopic (exact) mass is 454 g/mol. The summed E-state index contributed by atoms with van der Waals surface area (Å²) in [6.07, 6.45) is 0. The lowest BCUT2D eigenvalue weighted by Gasteiger charge is -2.17. The maximum atomic E-state index is 12.0. The van der Waals surface area contributed by atoms with Gasteiger partial charge in [-0.1, -0.05) is 28.9 Å². The summed E-state index contributed by atoms with van der Waals surface area (Å²) >= 11 is 6.03. The molecule has 0 saturated carbocycles. The molecule has 0 amide bonds. The zero-order chi connectivity index (χ0) is 23.0. The van der Waals surface area contributed by atoms with Gasteiger partial charge in [-0.3, -0.25) is 0 Å². The summed E-state index contributed by atoms with van der Waals surface area (Å²) in [4.78, 5) is 16.5. The van der Waals surface area contributed by atoms with Gasteiger partial charge in [-0.15, -0.1) is 5.10 Å². The second-order valence-electron chi connectivity index (χ2n) is 7.61. The zero-order valence-corrected chi connectivity index (χ0v) is 18.9. The Morgan fingerprint density at radius 1 is 1.25 bits per heavy atom. The molecule has 9 nitrogen and oxygen atoms in total. The van der Waals surface area contributed by atoms with Crippen LogP contribution in [0.15, 0.2) is 36.4 Å². The number of benzene rings is 2. The SMILES string of the molecule is COc1cc(NCc2nc(C(=O)O)c(-c3ccc(Cl)cc3)n2C(C)C)cc2c1nnn2C. The van der Waals surface area contributed by atoms with E-state index in [0.717, 1.165) is 16.8 Å². The molecule has 2 aromatic carbocycles. The maximum absolute atomic E-state index is 12.0. The molecule has 0 unspecified atom stereocenters. The van der Waals surface area contributed by atoms with Crippen LogP contribution in [0.4, 0.5) is 5.69 Å². The fourth-order valence-electron chi connectivity index (χ4n) is 3.73. The van der Waals surface area contributed by atoms with Crippen LogP contribution in [0, 0.1) is 0 Å². The normalized spacial score (nSPS) is 11.3. The molecule has 166 valence electrons. The van der Waals surface area contributed by atoms with E-state index in [1.165, 1.54) is 0 Å². The van der Waals surface area contributed by atoms with Crippen molar-refractivity contribution in [2.75, 3.05) is 12.4 Å². The Balaban J connectivity index is 1.75. The van der Waals surface area contributed by atoms with E-state index < -0.39 is 5.97 Å². The van der Waals surface area contributed by atoms with Crippen molar-refractivity contribution in [2.45, 2.75) is 26.4 Å². The molecule has 0 aliphatic carbocycles. The number of carbonyl (C=O) groups is 1. The van der Waals surface area contributed by atoms with E-state index in [1.54, 1.807) is 36.1 Å². The molecule has 2 aromatic heterocycles. The molecule has 2 N–H and O–H groups in total. The van der Waals surface area contributed by atoms with E-state index in [0.29, 0.717) is 34.4 Å². The van der Waals surface area contributed by atoms with Crippen LogP contribution >= 0.6 is 11.6 Å². The first-order chi connectivity index (χ1) is 15.3. The van der Waals surface area contributed by atoms with E-state index in [4.69, 9.17) is 16.3 Å². The number of anilines is 1. The molecule has 32 heavy (non-hydrogen) atoms. The number of nitrogens with zero attached hydrogens (tertiary/aromatic N) is 5. The summed E-state index contributed by atoms with van der Waals surface area (Å²) in [7, 11) is 3.39. The van der Waals surface area contributed by atoms with Crippen molar-refractivity contribution in [3.63, 3.8) is 0 Å². The Labute approximate surface area is 189 Å². The van der Waals surface area contributed by atoms with Crippen LogP contribution in [0.3, 0.4) is 0 Å². The lowest BCUT2D eigenvalue weighted by atomic mass is 10.1. The van der Waals surface area contributed by atoms with Gasteiger partial charge in [-0.2, -0.15) is 0 Å². The fourth-order valence-corrected chi connectivity index (χ4v) is 3.86. The fraction of sp³-hybridized carbons (Fsp3) is 0.273. The van der Waals surface area contributed by atoms with Gasteiger partial charge >= 0.3 is 5.97 Å². The van der Waals surface area contributed by atoms with Gasteiger partial charge in [0.1, 0.15) is 5.82 Å². The van der Waals surface area contributed by atoms with Crippen molar-refractivity contribution in [3.8, 4) is 17.0 Å². The van der Waals surface area contributed by atoms with Crippen molar-refractivity contribution in [1.29, 1.82) is 0 Å². The average Bonchev–Trinajstić information content (AvgIpc) is 3.33. The Bertz CT molecular complexity index is 1290. The highest BCUT2D eigenvalue weighted by molar-refractivity contribution is 6.30. The lowest BCUT2D eigenvalue weighted by Crippen LogP contribution is -2.12. The van der Waals surface area contributed by atoms with Gasteiger partial charge in [0.25, 0.3) is 0 Å². The van der Waals surface area contributed by atoms with Crippen LogP contribution in [0.5, 0.6) is 5.75 Å². The highest BCUT2D eigenvalue weighted by Gasteiger charge is 2.24. The van der Waals surface area contributed by atoms with Gasteiger partial charge in [0.15, 0.2) is 17.0 Å². The van der Waals surface area contributed by atoms with Crippen LogP contribution in [0.25, 0.3) is 22.3 Å². The smallest absolute Gasteiger partial charge is 0.356 e. The first kappa shape index (κ1) is 21.6. The Morgan fingerprint density at radius 3 is 2.59 bits per heavy atom. The molecule has 0 aliphatic rings. The summed E-state index contributed by atoms with van der Waals surface area (Å²) in [5.41, 5.74) is 3.55. The van der Waals surface area contributed by atoms with Gasteiger partial charge in [0.2, 0.25) is 0 Å². The number of carboxylic acid groups (broad SMARTS) is 1. The summed E-state index contributed by atoms with van der Waals surface area (Å²) in [6.45, 7) is 4.30. The first-order valence-electron chi connectivity index (χ1n) is 10.0. The number of ether oxygens (including phenoxy) is 1. The Morgan fingerprint density at radius 2 is 1.97 bits per heavy atom. The van der Waals surface area contributed by atoms with Crippen LogP contribution in [0.1, 0.15) is 36.2 Å². The quantitative estimate of drug-likeness (QED) is 0.426. The topological polar surface area (TPSA) is 107 Å². The molecule has 10 heteroatoms. The third-order valence-corrected chi connectivity index (χ3v) is 5.43. The molecule has 4 rings (SSSR count). The standard InChI is InChI=1S/C22H23ClN6O3/c1-12(2)29-18(25-20(22(30)31)21(29)13-5-7-14(23)8-6-13)11-24-15-9-16-19(17(10-15)32-4)26-27-28(16)3/h5-10,12,24H,11H2,1-4H3,(H,30,31). The number of aromatic carboxylic acids is 1. The zero-order valence-electron chi connectivity index (χ0n) is 18.1. The van der Waals surface area contributed by atoms with Crippen LogP contribution in [-0.4, -0.2) is 42.7 Å². The highest BCUT2D eigenvalue weighted by atomic mass is 35.5. The number of hydrogen-bond donors (Lipinski definition) is 2. The van der Waals surface area contributed by atoms with Gasteiger partial charge in [-0.05, 0) is 32.0 Å². The second-order valence-corrected chi connectivity index (χ2v) is 8.05. The number of aryl methyl sites for hydroxylation is 1. The molecule has 0 saturated heterocycles. The third-order valence-electron chi connectivity index (χ3n) is 5.17. The highest BCUT2D eigenvalue weighted by Crippen LogP contribution is 2.31. The molecule has 4 aromatic rings. The molecule has 0 fully saturated rings.